The molecule has 3 rings (SSSR count). The Morgan fingerprint density at radius 2 is 1.50 bits per heavy atom. The molecule has 0 fully saturated rings. The highest BCUT2D eigenvalue weighted by atomic mass is 32.1. The van der Waals surface area contributed by atoms with Crippen LogP contribution in [0.5, 0.6) is 0 Å². The Labute approximate surface area is 230 Å². The predicted molar refractivity (Wildman–Crippen MR) is 137 cm³/mol. The standard InChI is InChI=1S/C25H24F6N4O4S/c1-13-19(21(36)39-9-8-38-3)20(34-23(40)35(13)2)14-4-6-17(7-5-14)32-22(37)33-18-11-15(24(26,27)28)10-16(12-18)25(29,30)31/h4-7,10-12,20H,8-9H2,1-3H3,(H,34,40)(H2,32,33,37). The number of alkyl halides is 6. The number of hydrogen-bond acceptors (Lipinski definition) is 5. The maximum atomic E-state index is 13.1. The maximum absolute atomic E-state index is 13.1. The fourth-order valence-corrected chi connectivity index (χ4v) is 3.98. The molecule has 1 heterocycles. The van der Waals surface area contributed by atoms with Crippen LogP contribution >= 0.6 is 12.2 Å². The third-order valence-electron chi connectivity index (χ3n) is 5.84. The predicted octanol–water partition coefficient (Wildman–Crippen LogP) is 5.69. The maximum Gasteiger partial charge on any atom is 0.416 e. The zero-order valence-corrected chi connectivity index (χ0v) is 22.1. The monoisotopic (exact) mass is 590 g/mol. The van der Waals surface area contributed by atoms with Crippen molar-refractivity contribution in [3.8, 4) is 0 Å². The largest absolute Gasteiger partial charge is 0.460 e. The van der Waals surface area contributed by atoms with E-state index in [9.17, 15) is 35.9 Å². The second-order valence-corrected chi connectivity index (χ2v) is 8.95. The molecule has 216 valence electrons. The molecule has 1 aliphatic rings. The molecule has 8 nitrogen and oxygen atoms in total. The van der Waals surface area contributed by atoms with Gasteiger partial charge in [-0.3, -0.25) is 0 Å². The lowest BCUT2D eigenvalue weighted by atomic mass is 9.95. The van der Waals surface area contributed by atoms with Crippen LogP contribution in [0.25, 0.3) is 0 Å². The smallest absolute Gasteiger partial charge is 0.416 e. The molecule has 2 aromatic rings. The number of amides is 2. The van der Waals surface area contributed by atoms with Gasteiger partial charge in [-0.05, 0) is 55.0 Å². The summed E-state index contributed by atoms with van der Waals surface area (Å²) >= 11 is 5.34. The van der Waals surface area contributed by atoms with Crippen molar-refractivity contribution in [2.24, 2.45) is 0 Å². The first-order valence-corrected chi connectivity index (χ1v) is 11.9. The van der Waals surface area contributed by atoms with Crippen LogP contribution in [0, 0.1) is 0 Å². The molecule has 1 aliphatic heterocycles. The van der Waals surface area contributed by atoms with Crippen LogP contribution in [0.1, 0.15) is 29.7 Å². The summed E-state index contributed by atoms with van der Waals surface area (Å²) in [5.41, 5.74) is -2.25. The molecular weight excluding hydrogens is 566 g/mol. The van der Waals surface area contributed by atoms with Gasteiger partial charge < -0.3 is 30.3 Å². The minimum absolute atomic E-state index is 0.0291. The van der Waals surface area contributed by atoms with Crippen molar-refractivity contribution in [3.05, 3.63) is 70.4 Å². The zero-order chi connectivity index (χ0) is 29.8. The Morgan fingerprint density at radius 3 is 2.02 bits per heavy atom. The Morgan fingerprint density at radius 1 is 0.950 bits per heavy atom. The number of nitrogens with one attached hydrogen (secondary N) is 3. The number of esters is 1. The fraction of sp³-hybridized carbons (Fsp3) is 0.320. The van der Waals surface area contributed by atoms with E-state index in [1.165, 1.54) is 19.2 Å². The van der Waals surface area contributed by atoms with Crippen molar-refractivity contribution in [3.63, 3.8) is 0 Å². The van der Waals surface area contributed by atoms with E-state index in [-0.39, 0.29) is 30.5 Å². The Bertz CT molecular complexity index is 1280. The molecule has 2 aromatic carbocycles. The molecule has 0 radical (unpaired) electrons. The number of allylic oxidation sites excluding steroid dienone is 1. The van der Waals surface area contributed by atoms with Crippen molar-refractivity contribution < 1.29 is 45.4 Å². The fourth-order valence-electron chi connectivity index (χ4n) is 3.72. The number of hydrogen-bond donors (Lipinski definition) is 3. The third kappa shape index (κ3) is 7.41. The van der Waals surface area contributed by atoms with E-state index >= 15 is 0 Å². The van der Waals surface area contributed by atoms with Crippen LogP contribution in [0.15, 0.2) is 53.7 Å². The second kappa shape index (κ2) is 12.1. The topological polar surface area (TPSA) is 91.9 Å². The van der Waals surface area contributed by atoms with E-state index in [0.29, 0.717) is 28.5 Å². The van der Waals surface area contributed by atoms with Gasteiger partial charge in [-0.2, -0.15) is 26.3 Å². The van der Waals surface area contributed by atoms with Gasteiger partial charge in [0.25, 0.3) is 0 Å². The number of carbonyl (C=O) groups is 2. The number of thiocarbonyl (C=S) groups is 1. The molecule has 1 atom stereocenters. The summed E-state index contributed by atoms with van der Waals surface area (Å²) in [6, 6.07) is 4.98. The third-order valence-corrected chi connectivity index (χ3v) is 6.23. The number of anilines is 2. The summed E-state index contributed by atoms with van der Waals surface area (Å²) < 4.78 is 88.7. The van der Waals surface area contributed by atoms with E-state index in [2.05, 4.69) is 10.6 Å². The molecule has 3 N–H and O–H groups in total. The zero-order valence-electron chi connectivity index (χ0n) is 21.3. The van der Waals surface area contributed by atoms with Gasteiger partial charge in [0.15, 0.2) is 5.11 Å². The Kier molecular flexibility index (Phi) is 9.30. The number of urea groups is 1. The molecule has 0 saturated heterocycles. The molecule has 15 heteroatoms. The van der Waals surface area contributed by atoms with Gasteiger partial charge >= 0.3 is 24.4 Å². The lowest BCUT2D eigenvalue weighted by Gasteiger charge is -2.35. The molecule has 0 saturated carbocycles. The first-order chi connectivity index (χ1) is 18.6. The summed E-state index contributed by atoms with van der Waals surface area (Å²) in [7, 11) is 3.14. The van der Waals surface area contributed by atoms with Crippen LogP contribution in [-0.4, -0.2) is 49.4 Å². The summed E-state index contributed by atoms with van der Waals surface area (Å²) in [5.74, 6) is -0.595. The number of ether oxygens (including phenoxy) is 2. The lowest BCUT2D eigenvalue weighted by Crippen LogP contribution is -2.46. The number of carbonyl (C=O) groups excluding carboxylic acids is 2. The quantitative estimate of drug-likeness (QED) is 0.165. The van der Waals surface area contributed by atoms with Gasteiger partial charge in [-0.1, -0.05) is 12.1 Å². The number of methoxy groups -OCH3 is 1. The number of halogens is 6. The highest BCUT2D eigenvalue weighted by Gasteiger charge is 2.37. The van der Waals surface area contributed by atoms with Crippen LogP contribution in [0.3, 0.4) is 0 Å². The molecule has 0 aromatic heterocycles. The average Bonchev–Trinajstić information content (AvgIpc) is 2.86. The summed E-state index contributed by atoms with van der Waals surface area (Å²) in [6.07, 6.45) is -10.1. The highest BCUT2D eigenvalue weighted by molar-refractivity contribution is 7.80. The lowest BCUT2D eigenvalue weighted by molar-refractivity contribution is -0.143. The first-order valence-electron chi connectivity index (χ1n) is 11.5. The SMILES string of the molecule is COCCOC(=O)C1=C(C)N(C)C(=S)NC1c1ccc(NC(=O)Nc2cc(C(F)(F)F)cc(C(F)(F)F)c2)cc1. The van der Waals surface area contributed by atoms with Crippen LogP contribution in [0.4, 0.5) is 42.5 Å². The Balaban J connectivity index is 1.79. The number of rotatable bonds is 7. The van der Waals surface area contributed by atoms with E-state index in [0.717, 1.165) is 0 Å². The molecule has 1 unspecified atom stereocenters. The van der Waals surface area contributed by atoms with E-state index < -0.39 is 47.2 Å². The van der Waals surface area contributed by atoms with E-state index in [1.54, 1.807) is 31.0 Å². The normalized spacial score (nSPS) is 16.0. The van der Waals surface area contributed by atoms with Gasteiger partial charge in [0.2, 0.25) is 0 Å². The molecule has 0 bridgehead atoms. The van der Waals surface area contributed by atoms with Crippen molar-refractivity contribution in [1.29, 1.82) is 0 Å². The van der Waals surface area contributed by atoms with Crippen molar-refractivity contribution >= 4 is 40.7 Å². The van der Waals surface area contributed by atoms with Gasteiger partial charge in [-0.15, -0.1) is 0 Å². The average molecular weight is 591 g/mol. The van der Waals surface area contributed by atoms with Crippen LogP contribution in [-0.2, 0) is 26.6 Å². The number of nitrogens with zero attached hydrogens (tertiary/aromatic N) is 1. The van der Waals surface area contributed by atoms with Crippen molar-refractivity contribution in [1.82, 2.24) is 10.2 Å². The van der Waals surface area contributed by atoms with Gasteiger partial charge in [-0.25, -0.2) is 9.59 Å². The molecular formula is C25H24F6N4O4S. The molecule has 2 amide bonds. The van der Waals surface area contributed by atoms with Crippen molar-refractivity contribution in [2.45, 2.75) is 25.3 Å². The Hall–Kier alpha value is -3.85. The second-order valence-electron chi connectivity index (χ2n) is 8.57. The summed E-state index contributed by atoms with van der Waals surface area (Å²) in [4.78, 5) is 26.8. The summed E-state index contributed by atoms with van der Waals surface area (Å²) in [5, 5.41) is 7.73. The van der Waals surface area contributed by atoms with Gasteiger partial charge in [0.1, 0.15) is 6.61 Å². The van der Waals surface area contributed by atoms with Crippen LogP contribution in [0.2, 0.25) is 0 Å². The molecule has 40 heavy (non-hydrogen) atoms. The number of benzene rings is 2. The molecule has 0 spiro atoms. The van der Waals surface area contributed by atoms with E-state index in [1.807, 2.05) is 5.32 Å². The van der Waals surface area contributed by atoms with E-state index in [4.69, 9.17) is 21.7 Å². The molecule has 0 aliphatic carbocycles. The minimum atomic E-state index is -5.06. The van der Waals surface area contributed by atoms with Crippen LogP contribution < -0.4 is 16.0 Å². The first kappa shape index (κ1) is 30.7. The highest BCUT2D eigenvalue weighted by Crippen LogP contribution is 2.37. The van der Waals surface area contributed by atoms with Gasteiger partial charge in [0, 0.05) is 31.2 Å². The van der Waals surface area contributed by atoms with Crippen molar-refractivity contribution in [2.75, 3.05) is 38.0 Å². The van der Waals surface area contributed by atoms with Gasteiger partial charge in [0.05, 0.1) is 29.3 Å². The minimum Gasteiger partial charge on any atom is -0.460 e. The summed E-state index contributed by atoms with van der Waals surface area (Å²) in [6.45, 7) is 1.93.